The Hall–Kier alpha value is -1.89. The van der Waals surface area contributed by atoms with Crippen molar-refractivity contribution in [3.8, 4) is 5.69 Å². The number of hydrogen-bond donors (Lipinski definition) is 1. The molecule has 1 aromatic carbocycles. The van der Waals surface area contributed by atoms with Crippen molar-refractivity contribution in [2.24, 2.45) is 0 Å². The Balaban J connectivity index is 2.33. The topological polar surface area (TPSA) is 29.9 Å². The number of nitrogens with one attached hydrogen (secondary N) is 1. The van der Waals surface area contributed by atoms with Crippen molar-refractivity contribution in [2.45, 2.75) is 26.1 Å². The second kappa shape index (κ2) is 4.84. The zero-order valence-corrected chi connectivity index (χ0v) is 11.3. The quantitative estimate of drug-likeness (QED) is 0.820. The first-order valence-electron chi connectivity index (χ1n) is 6.53. The Kier molecular flexibility index (Phi) is 3.24. The third-order valence-corrected chi connectivity index (χ3v) is 3.55. The molecule has 0 saturated heterocycles. The molecular weight excluding hydrogens is 286 g/mol. The molecule has 0 atom stereocenters. The first kappa shape index (κ1) is 14.1. The molecule has 2 heterocycles. The molecule has 1 aliphatic heterocycles. The average Bonchev–Trinajstić information content (AvgIpc) is 2.78. The highest BCUT2D eigenvalue weighted by Crippen LogP contribution is 2.35. The van der Waals surface area contributed by atoms with Crippen LogP contribution >= 0.6 is 0 Å². The molecule has 7 heteroatoms. The standard InChI is InChI=1S/C14H13F4N3/c1-8-3-2-4-9(15)12(8)21-11-5-6-19-7-10(11)20-13(21)14(16,17)18/h2-4,19H,5-7H2,1H3. The van der Waals surface area contributed by atoms with Crippen molar-refractivity contribution >= 4 is 0 Å². The van der Waals surface area contributed by atoms with E-state index in [2.05, 4.69) is 10.3 Å². The van der Waals surface area contributed by atoms with Crippen LogP contribution in [0.1, 0.15) is 22.8 Å². The molecule has 112 valence electrons. The van der Waals surface area contributed by atoms with Crippen molar-refractivity contribution in [1.29, 1.82) is 0 Å². The minimum atomic E-state index is -4.63. The molecule has 0 saturated carbocycles. The number of hydrogen-bond acceptors (Lipinski definition) is 2. The van der Waals surface area contributed by atoms with Crippen LogP contribution < -0.4 is 5.32 Å². The molecule has 0 bridgehead atoms. The number of halogens is 4. The van der Waals surface area contributed by atoms with Gasteiger partial charge >= 0.3 is 6.18 Å². The molecule has 3 nitrogen and oxygen atoms in total. The lowest BCUT2D eigenvalue weighted by atomic mass is 10.1. The molecule has 0 spiro atoms. The number of imidazole rings is 1. The number of fused-ring (bicyclic) bond motifs is 1. The Morgan fingerprint density at radius 1 is 1.29 bits per heavy atom. The molecule has 0 aliphatic carbocycles. The fourth-order valence-electron chi connectivity index (χ4n) is 2.65. The second-order valence-corrected chi connectivity index (χ2v) is 4.99. The maximum absolute atomic E-state index is 14.1. The van der Waals surface area contributed by atoms with Gasteiger partial charge in [0.1, 0.15) is 5.82 Å². The first-order chi connectivity index (χ1) is 9.89. The van der Waals surface area contributed by atoms with E-state index in [4.69, 9.17) is 0 Å². The summed E-state index contributed by atoms with van der Waals surface area (Å²) in [5.41, 5.74) is 1.13. The van der Waals surface area contributed by atoms with Crippen molar-refractivity contribution in [2.75, 3.05) is 6.54 Å². The minimum absolute atomic E-state index is 0.0690. The van der Waals surface area contributed by atoms with Crippen LogP contribution in [0.15, 0.2) is 18.2 Å². The highest BCUT2D eigenvalue weighted by Gasteiger charge is 2.40. The van der Waals surface area contributed by atoms with Crippen LogP contribution in [0.3, 0.4) is 0 Å². The fraction of sp³-hybridized carbons (Fsp3) is 0.357. The predicted molar refractivity (Wildman–Crippen MR) is 68.7 cm³/mol. The summed E-state index contributed by atoms with van der Waals surface area (Å²) in [6.07, 6.45) is -4.25. The van der Waals surface area contributed by atoms with Crippen LogP contribution in [-0.2, 0) is 19.1 Å². The summed E-state index contributed by atoms with van der Waals surface area (Å²) in [5.74, 6) is -1.75. The highest BCUT2D eigenvalue weighted by atomic mass is 19.4. The van der Waals surface area contributed by atoms with E-state index in [1.807, 2.05) is 0 Å². The number of para-hydroxylation sites is 1. The largest absolute Gasteiger partial charge is 0.450 e. The molecule has 0 unspecified atom stereocenters. The summed E-state index contributed by atoms with van der Waals surface area (Å²) in [5, 5.41) is 2.98. The third kappa shape index (κ3) is 2.31. The van der Waals surface area contributed by atoms with Crippen LogP contribution in [0.4, 0.5) is 17.6 Å². The Bertz CT molecular complexity index is 668. The highest BCUT2D eigenvalue weighted by molar-refractivity contribution is 5.46. The van der Waals surface area contributed by atoms with Crippen molar-refractivity contribution < 1.29 is 17.6 Å². The van der Waals surface area contributed by atoms with E-state index >= 15 is 0 Å². The molecule has 0 amide bonds. The molecule has 0 radical (unpaired) electrons. The van der Waals surface area contributed by atoms with Gasteiger partial charge in [0.2, 0.25) is 5.82 Å². The number of benzene rings is 1. The van der Waals surface area contributed by atoms with Gasteiger partial charge in [0.15, 0.2) is 0 Å². The van der Waals surface area contributed by atoms with Gasteiger partial charge in [0, 0.05) is 25.2 Å². The predicted octanol–water partition coefficient (Wildman–Crippen LogP) is 2.98. The zero-order valence-electron chi connectivity index (χ0n) is 11.3. The first-order valence-corrected chi connectivity index (χ1v) is 6.53. The van der Waals surface area contributed by atoms with Crippen molar-refractivity contribution in [3.05, 3.63) is 46.8 Å². The maximum Gasteiger partial charge on any atom is 0.450 e. The number of alkyl halides is 3. The van der Waals surface area contributed by atoms with E-state index in [9.17, 15) is 17.6 Å². The zero-order chi connectivity index (χ0) is 15.2. The molecule has 1 aromatic heterocycles. The monoisotopic (exact) mass is 299 g/mol. The van der Waals surface area contributed by atoms with Crippen LogP contribution in [0.2, 0.25) is 0 Å². The van der Waals surface area contributed by atoms with E-state index in [0.29, 0.717) is 29.9 Å². The summed E-state index contributed by atoms with van der Waals surface area (Å²) in [7, 11) is 0. The lowest BCUT2D eigenvalue weighted by molar-refractivity contribution is -0.146. The van der Waals surface area contributed by atoms with E-state index in [1.165, 1.54) is 6.07 Å². The van der Waals surface area contributed by atoms with E-state index in [0.717, 1.165) is 10.6 Å². The number of aromatic nitrogens is 2. The molecule has 3 rings (SSSR count). The molecule has 1 aliphatic rings. The summed E-state index contributed by atoms with van der Waals surface area (Å²) < 4.78 is 54.8. The van der Waals surface area contributed by atoms with Gasteiger partial charge in [0.25, 0.3) is 0 Å². The summed E-state index contributed by atoms with van der Waals surface area (Å²) >= 11 is 0. The maximum atomic E-state index is 14.1. The molecule has 21 heavy (non-hydrogen) atoms. The van der Waals surface area contributed by atoms with Crippen LogP contribution in [-0.4, -0.2) is 16.1 Å². The van der Waals surface area contributed by atoms with Crippen molar-refractivity contribution in [3.63, 3.8) is 0 Å². The summed E-state index contributed by atoms with van der Waals surface area (Å²) in [4.78, 5) is 3.69. The second-order valence-electron chi connectivity index (χ2n) is 4.99. The van der Waals surface area contributed by atoms with Gasteiger partial charge in [-0.1, -0.05) is 12.1 Å². The summed E-state index contributed by atoms with van der Waals surface area (Å²) in [6.45, 7) is 2.40. The Labute approximate surface area is 118 Å². The van der Waals surface area contributed by atoms with Gasteiger partial charge in [-0.15, -0.1) is 0 Å². The van der Waals surface area contributed by atoms with Crippen LogP contribution in [0, 0.1) is 12.7 Å². The summed E-state index contributed by atoms with van der Waals surface area (Å²) in [6, 6.07) is 4.23. The lowest BCUT2D eigenvalue weighted by Crippen LogP contribution is -2.25. The van der Waals surface area contributed by atoms with Gasteiger partial charge in [-0.3, -0.25) is 4.57 Å². The number of aryl methyl sites for hydroxylation is 1. The lowest BCUT2D eigenvalue weighted by Gasteiger charge is -2.18. The smallest absolute Gasteiger partial charge is 0.311 e. The van der Waals surface area contributed by atoms with Gasteiger partial charge in [-0.25, -0.2) is 9.37 Å². The van der Waals surface area contributed by atoms with Crippen LogP contribution in [0.5, 0.6) is 0 Å². The molecule has 1 N–H and O–H groups in total. The minimum Gasteiger partial charge on any atom is -0.311 e. The van der Waals surface area contributed by atoms with Gasteiger partial charge in [0.05, 0.1) is 11.4 Å². The van der Waals surface area contributed by atoms with Crippen LogP contribution in [0.25, 0.3) is 5.69 Å². The Morgan fingerprint density at radius 3 is 2.71 bits per heavy atom. The van der Waals surface area contributed by atoms with Crippen molar-refractivity contribution in [1.82, 2.24) is 14.9 Å². The molecule has 0 fully saturated rings. The van der Waals surface area contributed by atoms with Gasteiger partial charge < -0.3 is 5.32 Å². The molecular formula is C14H13F4N3. The number of rotatable bonds is 1. The number of nitrogens with zero attached hydrogens (tertiary/aromatic N) is 2. The Morgan fingerprint density at radius 2 is 2.05 bits per heavy atom. The average molecular weight is 299 g/mol. The van der Waals surface area contributed by atoms with E-state index in [-0.39, 0.29) is 12.2 Å². The van der Waals surface area contributed by atoms with Gasteiger partial charge in [-0.2, -0.15) is 13.2 Å². The van der Waals surface area contributed by atoms with Gasteiger partial charge in [-0.05, 0) is 18.6 Å². The van der Waals surface area contributed by atoms with E-state index < -0.39 is 17.8 Å². The normalized spacial score (nSPS) is 15.1. The third-order valence-electron chi connectivity index (χ3n) is 3.55. The molecule has 2 aromatic rings. The van der Waals surface area contributed by atoms with E-state index in [1.54, 1.807) is 13.0 Å². The fourth-order valence-corrected chi connectivity index (χ4v) is 2.65. The SMILES string of the molecule is Cc1cccc(F)c1-n1c(C(F)(F)F)nc2c1CCNC2.